The fraction of sp³-hybridized carbons (Fsp3) is 0.375. The summed E-state index contributed by atoms with van der Waals surface area (Å²) in [6, 6.07) is 11.6. The monoisotopic (exact) mass is 427 g/mol. The summed E-state index contributed by atoms with van der Waals surface area (Å²) in [6.45, 7) is 7.60. The number of nitrogens with one attached hydrogen (secondary N) is 2. The molecule has 4 N–H and O–H groups in total. The summed E-state index contributed by atoms with van der Waals surface area (Å²) in [6.07, 6.45) is 0.299. The van der Waals surface area contributed by atoms with Crippen molar-refractivity contribution in [2.75, 3.05) is 0 Å². The van der Waals surface area contributed by atoms with Crippen LogP contribution >= 0.6 is 0 Å². The molecule has 166 valence electrons. The zero-order valence-corrected chi connectivity index (χ0v) is 18.4. The zero-order valence-electron chi connectivity index (χ0n) is 18.4. The van der Waals surface area contributed by atoms with Gasteiger partial charge in [0.05, 0.1) is 0 Å². The van der Waals surface area contributed by atoms with Crippen molar-refractivity contribution < 1.29 is 18.8 Å². The van der Waals surface area contributed by atoms with Crippen molar-refractivity contribution >= 4 is 17.7 Å². The predicted octanol–water partition coefficient (Wildman–Crippen LogP) is 2.38. The lowest BCUT2D eigenvalue weighted by molar-refractivity contribution is -0.130. The molecule has 0 saturated carbocycles. The minimum absolute atomic E-state index is 0.00166. The zero-order chi connectivity index (χ0) is 23.2. The van der Waals surface area contributed by atoms with Gasteiger partial charge in [-0.05, 0) is 34.2 Å². The molecule has 3 amide bonds. The summed E-state index contributed by atoms with van der Waals surface area (Å²) in [7, 11) is 0. The van der Waals surface area contributed by atoms with Gasteiger partial charge in [0.1, 0.15) is 17.9 Å². The summed E-state index contributed by atoms with van der Waals surface area (Å²) in [5, 5.41) is 5.18. The van der Waals surface area contributed by atoms with Gasteiger partial charge in [0, 0.05) is 19.8 Å². The molecule has 0 saturated heterocycles. The molecule has 0 aliphatic carbocycles. The summed E-state index contributed by atoms with van der Waals surface area (Å²) >= 11 is 0. The third kappa shape index (κ3) is 7.51. The Morgan fingerprint density at radius 3 is 2.06 bits per heavy atom. The quantitative estimate of drug-likeness (QED) is 0.603. The number of carbonyl (C=O) groups excluding carboxylic acids is 3. The van der Waals surface area contributed by atoms with E-state index in [9.17, 15) is 18.8 Å². The van der Waals surface area contributed by atoms with E-state index in [2.05, 4.69) is 31.4 Å². The minimum Gasteiger partial charge on any atom is -0.368 e. The number of amides is 3. The van der Waals surface area contributed by atoms with Crippen LogP contribution in [0.4, 0.5) is 4.39 Å². The van der Waals surface area contributed by atoms with Gasteiger partial charge < -0.3 is 16.4 Å². The molecule has 0 heterocycles. The average Bonchev–Trinajstić information content (AvgIpc) is 2.66. The van der Waals surface area contributed by atoms with E-state index in [1.807, 2.05) is 24.3 Å². The van der Waals surface area contributed by atoms with Crippen LogP contribution in [0, 0.1) is 5.82 Å². The lowest BCUT2D eigenvalue weighted by Crippen LogP contribution is -2.54. The Morgan fingerprint density at radius 1 is 0.935 bits per heavy atom. The Balaban J connectivity index is 2.13. The first kappa shape index (κ1) is 24.1. The largest absolute Gasteiger partial charge is 0.368 e. The van der Waals surface area contributed by atoms with Gasteiger partial charge in [0.2, 0.25) is 17.7 Å². The maximum atomic E-state index is 13.5. The highest BCUT2D eigenvalue weighted by atomic mass is 19.1. The molecule has 0 radical (unpaired) electrons. The van der Waals surface area contributed by atoms with E-state index in [1.165, 1.54) is 25.1 Å². The van der Waals surface area contributed by atoms with E-state index in [0.29, 0.717) is 5.56 Å². The molecular formula is C24H30FN3O3. The Kier molecular flexibility index (Phi) is 7.91. The van der Waals surface area contributed by atoms with Crippen LogP contribution in [0.3, 0.4) is 0 Å². The number of primary amides is 1. The second-order valence-corrected chi connectivity index (χ2v) is 8.70. The number of hydrogen-bond acceptors (Lipinski definition) is 3. The number of halogens is 1. The van der Waals surface area contributed by atoms with Gasteiger partial charge in [0.25, 0.3) is 0 Å². The highest BCUT2D eigenvalue weighted by Crippen LogP contribution is 2.22. The van der Waals surface area contributed by atoms with Gasteiger partial charge in [0.15, 0.2) is 0 Å². The number of carbonyl (C=O) groups is 3. The van der Waals surface area contributed by atoms with Crippen molar-refractivity contribution in [2.45, 2.75) is 58.0 Å². The average molecular weight is 428 g/mol. The molecule has 2 atom stereocenters. The molecule has 7 heteroatoms. The summed E-state index contributed by atoms with van der Waals surface area (Å²) < 4.78 is 13.5. The fourth-order valence-electron chi connectivity index (χ4n) is 3.23. The van der Waals surface area contributed by atoms with Crippen molar-refractivity contribution in [3.8, 4) is 0 Å². The molecule has 0 unspecified atom stereocenters. The van der Waals surface area contributed by atoms with Crippen molar-refractivity contribution in [2.24, 2.45) is 5.73 Å². The summed E-state index contributed by atoms with van der Waals surface area (Å²) in [5.41, 5.74) is 8.05. The van der Waals surface area contributed by atoms with Gasteiger partial charge in [-0.2, -0.15) is 0 Å². The second kappa shape index (κ2) is 10.2. The van der Waals surface area contributed by atoms with Crippen LogP contribution in [0.5, 0.6) is 0 Å². The first-order chi connectivity index (χ1) is 14.5. The molecule has 0 spiro atoms. The van der Waals surface area contributed by atoms with Crippen molar-refractivity contribution in [1.82, 2.24) is 10.6 Å². The Bertz CT molecular complexity index is 936. The Labute approximate surface area is 182 Å². The predicted molar refractivity (Wildman–Crippen MR) is 118 cm³/mol. The third-order valence-electron chi connectivity index (χ3n) is 4.94. The maximum absolute atomic E-state index is 13.5. The molecule has 31 heavy (non-hydrogen) atoms. The second-order valence-electron chi connectivity index (χ2n) is 8.70. The molecule has 2 aromatic carbocycles. The number of hydrogen-bond donors (Lipinski definition) is 3. The summed E-state index contributed by atoms with van der Waals surface area (Å²) in [5.74, 6) is -2.09. The highest BCUT2D eigenvalue weighted by molar-refractivity contribution is 5.91. The van der Waals surface area contributed by atoms with E-state index in [1.54, 1.807) is 6.07 Å². The lowest BCUT2D eigenvalue weighted by Gasteiger charge is -2.22. The third-order valence-corrected chi connectivity index (χ3v) is 4.94. The van der Waals surface area contributed by atoms with Crippen LogP contribution in [0.25, 0.3) is 0 Å². The topological polar surface area (TPSA) is 101 Å². The van der Waals surface area contributed by atoms with Gasteiger partial charge in [-0.3, -0.25) is 14.4 Å². The van der Waals surface area contributed by atoms with Crippen LogP contribution in [0.15, 0.2) is 48.5 Å². The molecule has 2 aromatic rings. The fourth-order valence-corrected chi connectivity index (χ4v) is 3.23. The highest BCUT2D eigenvalue weighted by Gasteiger charge is 2.26. The molecule has 0 bridgehead atoms. The molecule has 0 aliphatic heterocycles. The molecule has 0 aliphatic rings. The Hall–Kier alpha value is -3.22. The maximum Gasteiger partial charge on any atom is 0.243 e. The molecule has 0 aromatic heterocycles. The standard InChI is InChI=1S/C24H30FN3O3/c1-15(29)27-21(14-17-6-5-7-19(25)12-17)23(31)28-20(22(26)30)13-16-8-10-18(11-9-16)24(2,3)4/h5-12,20-21H,13-14H2,1-4H3,(H2,26,30)(H,27,29)(H,28,31)/t20-,21-/m0/s1. The first-order valence-corrected chi connectivity index (χ1v) is 10.2. The Morgan fingerprint density at radius 2 is 1.55 bits per heavy atom. The molecule has 6 nitrogen and oxygen atoms in total. The number of benzene rings is 2. The van der Waals surface area contributed by atoms with Crippen LogP contribution in [-0.2, 0) is 32.6 Å². The van der Waals surface area contributed by atoms with E-state index < -0.39 is 35.6 Å². The van der Waals surface area contributed by atoms with E-state index >= 15 is 0 Å². The van der Waals surface area contributed by atoms with Crippen LogP contribution in [0.2, 0.25) is 0 Å². The normalized spacial score (nSPS) is 13.2. The summed E-state index contributed by atoms with van der Waals surface area (Å²) in [4.78, 5) is 36.4. The number of nitrogens with two attached hydrogens (primary N) is 1. The minimum atomic E-state index is -0.968. The van der Waals surface area contributed by atoms with Crippen molar-refractivity contribution in [3.05, 3.63) is 71.0 Å². The van der Waals surface area contributed by atoms with E-state index in [-0.39, 0.29) is 18.3 Å². The smallest absolute Gasteiger partial charge is 0.243 e. The molecule has 0 fully saturated rings. The van der Waals surface area contributed by atoms with Crippen LogP contribution < -0.4 is 16.4 Å². The molecular weight excluding hydrogens is 397 g/mol. The van der Waals surface area contributed by atoms with Crippen LogP contribution in [0.1, 0.15) is 44.4 Å². The SMILES string of the molecule is CC(=O)N[C@@H](Cc1cccc(F)c1)C(=O)N[C@@H](Cc1ccc(C(C)(C)C)cc1)C(N)=O. The molecule has 2 rings (SSSR count). The van der Waals surface area contributed by atoms with Crippen molar-refractivity contribution in [1.29, 1.82) is 0 Å². The van der Waals surface area contributed by atoms with E-state index in [0.717, 1.165) is 11.1 Å². The number of rotatable bonds is 8. The van der Waals surface area contributed by atoms with Gasteiger partial charge >= 0.3 is 0 Å². The first-order valence-electron chi connectivity index (χ1n) is 10.2. The van der Waals surface area contributed by atoms with Gasteiger partial charge in [-0.1, -0.05) is 57.2 Å². The van der Waals surface area contributed by atoms with E-state index in [4.69, 9.17) is 5.73 Å². The van der Waals surface area contributed by atoms with Crippen LogP contribution in [-0.4, -0.2) is 29.8 Å². The van der Waals surface area contributed by atoms with Gasteiger partial charge in [-0.25, -0.2) is 4.39 Å². The lowest BCUT2D eigenvalue weighted by atomic mass is 9.86. The van der Waals surface area contributed by atoms with Crippen molar-refractivity contribution in [3.63, 3.8) is 0 Å². The van der Waals surface area contributed by atoms with Gasteiger partial charge in [-0.15, -0.1) is 0 Å².